The molecule has 4 aliphatic rings. The molecule has 6 rings (SSSR count). The molecule has 0 bridgehead atoms. The van der Waals surface area contributed by atoms with E-state index in [2.05, 4.69) is 24.2 Å². The molecule has 1 aromatic heterocycles. The van der Waals surface area contributed by atoms with Crippen LogP contribution in [0.25, 0.3) is 0 Å². The Labute approximate surface area is 200 Å². The quantitative estimate of drug-likeness (QED) is 0.692. The lowest BCUT2D eigenvalue weighted by Gasteiger charge is -2.57. The van der Waals surface area contributed by atoms with Gasteiger partial charge in [-0.2, -0.15) is 0 Å². The molecule has 6 heteroatoms. The lowest BCUT2D eigenvalue weighted by atomic mass is 9.48. The molecule has 180 valence electrons. The highest BCUT2D eigenvalue weighted by molar-refractivity contribution is 5.91. The second-order valence-corrected chi connectivity index (χ2v) is 11.6. The number of nitrogens with zero attached hydrogens (tertiary/aromatic N) is 3. The molecule has 5 nitrogen and oxygen atoms in total. The van der Waals surface area contributed by atoms with E-state index in [4.69, 9.17) is 0 Å². The fraction of sp³-hybridized carbons (Fsp3) is 0.607. The Morgan fingerprint density at radius 2 is 1.97 bits per heavy atom. The monoisotopic (exact) mass is 463 g/mol. The van der Waals surface area contributed by atoms with Crippen LogP contribution >= 0.6 is 0 Å². The van der Waals surface area contributed by atoms with Gasteiger partial charge in [0.05, 0.1) is 12.7 Å². The predicted octanol–water partition coefficient (Wildman–Crippen LogP) is 5.04. The normalized spacial score (nSPS) is 39.2. The Bertz CT molecular complexity index is 1140. The summed E-state index contributed by atoms with van der Waals surface area (Å²) in [6, 6.07) is 6.42. The van der Waals surface area contributed by atoms with Gasteiger partial charge in [-0.1, -0.05) is 36.8 Å². The van der Waals surface area contributed by atoms with Crippen molar-refractivity contribution in [3.63, 3.8) is 0 Å². The van der Waals surface area contributed by atoms with Crippen LogP contribution in [0.2, 0.25) is 0 Å². The van der Waals surface area contributed by atoms with E-state index in [1.807, 2.05) is 12.3 Å². The van der Waals surface area contributed by atoms with E-state index in [9.17, 15) is 14.3 Å². The zero-order chi connectivity index (χ0) is 23.7. The van der Waals surface area contributed by atoms with Crippen LogP contribution in [-0.4, -0.2) is 25.9 Å². The second kappa shape index (κ2) is 7.84. The maximum atomic E-state index is 13.3. The molecule has 4 unspecified atom stereocenters. The molecule has 1 N–H and O–H groups in total. The molecule has 0 saturated heterocycles. The minimum Gasteiger partial charge on any atom is -0.383 e. The molecule has 4 aliphatic carbocycles. The van der Waals surface area contributed by atoms with Crippen LogP contribution in [0.15, 0.2) is 42.1 Å². The summed E-state index contributed by atoms with van der Waals surface area (Å²) in [5, 5.41) is 20.9. The van der Waals surface area contributed by atoms with E-state index in [0.717, 1.165) is 37.7 Å². The van der Waals surface area contributed by atoms with Gasteiger partial charge in [0.1, 0.15) is 17.1 Å². The van der Waals surface area contributed by atoms with Crippen LogP contribution in [0.3, 0.4) is 0 Å². The third-order valence-electron chi connectivity index (χ3n) is 10.0. The number of aliphatic hydroxyl groups is 1. The summed E-state index contributed by atoms with van der Waals surface area (Å²) >= 11 is 0. The van der Waals surface area contributed by atoms with Gasteiger partial charge in [0.15, 0.2) is 5.78 Å². The number of aromatic nitrogens is 3. The Balaban J connectivity index is 1.27. The largest absolute Gasteiger partial charge is 0.383 e. The highest BCUT2D eigenvalue weighted by Gasteiger charge is 2.64. The van der Waals surface area contributed by atoms with Gasteiger partial charge in [-0.25, -0.2) is 9.07 Å². The number of carbonyl (C=O) groups is 1. The van der Waals surface area contributed by atoms with Gasteiger partial charge < -0.3 is 5.11 Å². The Kier molecular flexibility index (Phi) is 5.11. The van der Waals surface area contributed by atoms with Crippen molar-refractivity contribution in [1.82, 2.24) is 15.0 Å². The van der Waals surface area contributed by atoms with Crippen LogP contribution in [0.5, 0.6) is 0 Å². The first-order valence-electron chi connectivity index (χ1n) is 12.9. The summed E-state index contributed by atoms with van der Waals surface area (Å²) in [7, 11) is 0. The molecular weight excluding hydrogens is 429 g/mol. The maximum Gasteiger partial charge on any atom is 0.155 e. The maximum absolute atomic E-state index is 13.3. The molecule has 1 heterocycles. The van der Waals surface area contributed by atoms with Crippen molar-refractivity contribution in [2.75, 3.05) is 0 Å². The molecule has 0 spiro atoms. The van der Waals surface area contributed by atoms with Crippen LogP contribution in [0, 0.1) is 40.8 Å². The number of halogens is 1. The van der Waals surface area contributed by atoms with E-state index in [1.54, 1.807) is 16.8 Å². The third kappa shape index (κ3) is 3.24. The molecule has 0 radical (unpaired) electrons. The lowest BCUT2D eigenvalue weighted by molar-refractivity contribution is -0.134. The highest BCUT2D eigenvalue weighted by atomic mass is 19.1. The molecule has 3 saturated carbocycles. The summed E-state index contributed by atoms with van der Waals surface area (Å²) in [5.74, 6) is 2.78. The van der Waals surface area contributed by atoms with E-state index >= 15 is 0 Å². The first kappa shape index (κ1) is 22.1. The molecule has 7 atom stereocenters. The average Bonchev–Trinajstić information content (AvgIpc) is 3.38. The summed E-state index contributed by atoms with van der Waals surface area (Å²) in [6.07, 6.45) is 10.4. The minimum absolute atomic E-state index is 0.231. The van der Waals surface area contributed by atoms with E-state index < -0.39 is 5.60 Å². The number of fused-ring (bicyclic) bond motifs is 5. The Morgan fingerprint density at radius 3 is 2.76 bits per heavy atom. The summed E-state index contributed by atoms with van der Waals surface area (Å²) in [5.41, 5.74) is 1.80. The molecule has 0 aliphatic heterocycles. The minimum atomic E-state index is -0.984. The van der Waals surface area contributed by atoms with Crippen molar-refractivity contribution in [2.24, 2.45) is 35.0 Å². The second-order valence-electron chi connectivity index (χ2n) is 11.6. The summed E-state index contributed by atoms with van der Waals surface area (Å²) in [6.45, 7) is 5.14. The zero-order valence-electron chi connectivity index (χ0n) is 20.1. The fourth-order valence-corrected chi connectivity index (χ4v) is 8.37. The van der Waals surface area contributed by atoms with Crippen LogP contribution in [0.4, 0.5) is 4.39 Å². The molecule has 34 heavy (non-hydrogen) atoms. The number of ketones is 1. The number of carbonyl (C=O) groups excluding carboxylic acids is 1. The summed E-state index contributed by atoms with van der Waals surface area (Å²) in [4.78, 5) is 12.1. The van der Waals surface area contributed by atoms with Crippen molar-refractivity contribution < 1.29 is 14.3 Å². The standard InChI is InChI=1S/C28H34FN3O2/c1-17-13-19-14-21(33)7-8-22(19)23-9-11-27(2)24(26(17)23)10-12-28(27,34)25-16-32(31-30-25)15-18-3-5-20(29)6-4-18/h3-6,14,16-17,22-24,26,34H,7-13,15H2,1-2H3/t17-,22?,23?,24?,26?,27+,28-/m1/s1. The van der Waals surface area contributed by atoms with Crippen molar-refractivity contribution in [1.29, 1.82) is 0 Å². The van der Waals surface area contributed by atoms with Gasteiger partial charge in [-0.05, 0) is 91.9 Å². The van der Waals surface area contributed by atoms with Crippen molar-refractivity contribution in [3.8, 4) is 0 Å². The molecule has 2 aromatic rings. The van der Waals surface area contributed by atoms with Crippen LogP contribution in [0.1, 0.15) is 70.1 Å². The Hall–Kier alpha value is -2.34. The Morgan fingerprint density at radius 1 is 1.18 bits per heavy atom. The number of rotatable bonds is 3. The molecular formula is C28H34FN3O2. The third-order valence-corrected chi connectivity index (χ3v) is 10.0. The fourth-order valence-electron chi connectivity index (χ4n) is 8.37. The van der Waals surface area contributed by atoms with Gasteiger partial charge in [0, 0.05) is 11.8 Å². The first-order valence-corrected chi connectivity index (χ1v) is 12.9. The zero-order valence-corrected chi connectivity index (χ0v) is 20.1. The number of hydrogen-bond acceptors (Lipinski definition) is 4. The molecule has 3 fully saturated rings. The first-order chi connectivity index (χ1) is 16.3. The number of benzene rings is 1. The summed E-state index contributed by atoms with van der Waals surface area (Å²) < 4.78 is 15.0. The van der Waals surface area contributed by atoms with Gasteiger partial charge in [0.25, 0.3) is 0 Å². The van der Waals surface area contributed by atoms with Crippen molar-refractivity contribution >= 4 is 5.78 Å². The molecule has 0 amide bonds. The van der Waals surface area contributed by atoms with Crippen LogP contribution < -0.4 is 0 Å². The average molecular weight is 464 g/mol. The topological polar surface area (TPSA) is 68.0 Å². The smallest absolute Gasteiger partial charge is 0.155 e. The van der Waals surface area contributed by atoms with E-state index in [-0.39, 0.29) is 11.2 Å². The van der Waals surface area contributed by atoms with Gasteiger partial charge in [0.2, 0.25) is 0 Å². The lowest BCUT2D eigenvalue weighted by Crippen LogP contribution is -2.53. The number of hydrogen-bond donors (Lipinski definition) is 1. The van der Waals surface area contributed by atoms with E-state index in [1.165, 1.54) is 17.7 Å². The molecule has 1 aromatic carbocycles. The van der Waals surface area contributed by atoms with Crippen molar-refractivity contribution in [2.45, 2.75) is 70.9 Å². The van der Waals surface area contributed by atoms with E-state index in [0.29, 0.717) is 60.5 Å². The SMILES string of the molecule is C[C@@H]1CC2=CC(=O)CCC2C2CC[C@@]3(C)C(CC[C@@]3(O)c3cn(Cc4ccc(F)cc4)nn3)C21. The van der Waals surface area contributed by atoms with Crippen molar-refractivity contribution in [3.05, 3.63) is 59.2 Å². The van der Waals surface area contributed by atoms with Gasteiger partial charge in [-0.3, -0.25) is 4.79 Å². The van der Waals surface area contributed by atoms with Crippen LogP contribution in [-0.2, 0) is 16.9 Å². The van der Waals surface area contributed by atoms with Gasteiger partial charge >= 0.3 is 0 Å². The highest BCUT2D eigenvalue weighted by Crippen LogP contribution is 2.68. The van der Waals surface area contributed by atoms with Gasteiger partial charge in [-0.15, -0.1) is 5.10 Å². The number of allylic oxidation sites excluding steroid dienone is 1. The predicted molar refractivity (Wildman–Crippen MR) is 126 cm³/mol.